The molecule has 1 saturated heterocycles. The first-order valence-electron chi connectivity index (χ1n) is 6.36. The van der Waals surface area contributed by atoms with Gasteiger partial charge in [-0.2, -0.15) is 0 Å². The van der Waals surface area contributed by atoms with E-state index in [0.29, 0.717) is 11.7 Å². The van der Waals surface area contributed by atoms with E-state index in [9.17, 15) is 4.79 Å². The van der Waals surface area contributed by atoms with E-state index in [1.165, 1.54) is 0 Å². The molecule has 3 nitrogen and oxygen atoms in total. The number of halogens is 1. The summed E-state index contributed by atoms with van der Waals surface area (Å²) in [5.74, 6) is 0. The molecule has 4 heteroatoms. The van der Waals surface area contributed by atoms with Gasteiger partial charge >= 0.3 is 0 Å². The van der Waals surface area contributed by atoms with Crippen LogP contribution in [-0.4, -0.2) is 32.1 Å². The summed E-state index contributed by atoms with van der Waals surface area (Å²) in [5.41, 5.74) is 1.84. The van der Waals surface area contributed by atoms with E-state index in [1.807, 2.05) is 25.1 Å². The quantitative estimate of drug-likeness (QED) is 0.799. The van der Waals surface area contributed by atoms with E-state index in [0.717, 1.165) is 49.0 Å². The van der Waals surface area contributed by atoms with Gasteiger partial charge in [-0.3, -0.25) is 4.79 Å². The van der Waals surface area contributed by atoms with Gasteiger partial charge in [-0.1, -0.05) is 0 Å². The van der Waals surface area contributed by atoms with Crippen molar-refractivity contribution in [3.05, 3.63) is 28.2 Å². The lowest BCUT2D eigenvalue weighted by Crippen LogP contribution is -2.39. The molecule has 0 N–H and O–H groups in total. The molecule has 0 aromatic heterocycles. The number of hydrogen-bond acceptors (Lipinski definition) is 3. The number of aldehydes is 1. The number of rotatable bonds is 4. The molecule has 0 amide bonds. The highest BCUT2D eigenvalue weighted by Crippen LogP contribution is 2.29. The molecule has 1 aliphatic rings. The Labute approximate surface area is 116 Å². The molecule has 0 spiro atoms. The predicted molar refractivity (Wildman–Crippen MR) is 76.4 cm³/mol. The number of hydrogen-bond donors (Lipinski definition) is 0. The molecule has 0 radical (unpaired) electrons. The Morgan fingerprint density at radius 1 is 1.56 bits per heavy atom. The molecule has 18 heavy (non-hydrogen) atoms. The van der Waals surface area contributed by atoms with Gasteiger partial charge in [-0.15, -0.1) is 0 Å². The minimum atomic E-state index is 0.321. The fourth-order valence-corrected chi connectivity index (χ4v) is 3.03. The fourth-order valence-electron chi connectivity index (χ4n) is 2.38. The van der Waals surface area contributed by atoms with Gasteiger partial charge in [0.15, 0.2) is 0 Å². The van der Waals surface area contributed by atoms with Crippen LogP contribution in [0.2, 0.25) is 0 Å². The van der Waals surface area contributed by atoms with E-state index in [4.69, 9.17) is 4.74 Å². The van der Waals surface area contributed by atoms with Crippen molar-refractivity contribution < 1.29 is 9.53 Å². The molecule has 1 atom stereocenters. The SMILES string of the molecule is CCOC1CCCN(c2ccc(C=O)cc2Br)C1. The van der Waals surface area contributed by atoms with Crippen LogP contribution >= 0.6 is 15.9 Å². The number of ether oxygens (including phenoxy) is 1. The largest absolute Gasteiger partial charge is 0.377 e. The Morgan fingerprint density at radius 2 is 2.39 bits per heavy atom. The monoisotopic (exact) mass is 311 g/mol. The topological polar surface area (TPSA) is 29.5 Å². The van der Waals surface area contributed by atoms with Crippen LogP contribution in [-0.2, 0) is 4.74 Å². The second-order valence-corrected chi connectivity index (χ2v) is 5.35. The first kappa shape index (κ1) is 13.6. The van der Waals surface area contributed by atoms with Crippen LogP contribution in [0.25, 0.3) is 0 Å². The van der Waals surface area contributed by atoms with Crippen LogP contribution in [0.5, 0.6) is 0 Å². The number of benzene rings is 1. The first-order chi connectivity index (χ1) is 8.74. The molecular formula is C14H18BrNO2. The summed E-state index contributed by atoms with van der Waals surface area (Å²) in [4.78, 5) is 13.1. The lowest BCUT2D eigenvalue weighted by atomic mass is 10.1. The average molecular weight is 312 g/mol. The van der Waals surface area contributed by atoms with Crippen molar-refractivity contribution in [3.8, 4) is 0 Å². The van der Waals surface area contributed by atoms with Gasteiger partial charge in [0.25, 0.3) is 0 Å². The lowest BCUT2D eigenvalue weighted by molar-refractivity contribution is 0.0526. The number of anilines is 1. The van der Waals surface area contributed by atoms with Gasteiger partial charge in [0, 0.05) is 29.7 Å². The highest BCUT2D eigenvalue weighted by Gasteiger charge is 2.21. The third kappa shape index (κ3) is 3.12. The molecule has 0 saturated carbocycles. The van der Waals surface area contributed by atoms with E-state index in [1.54, 1.807) is 0 Å². The normalized spacial score (nSPS) is 19.9. The van der Waals surface area contributed by atoms with Crippen LogP contribution < -0.4 is 4.90 Å². The Kier molecular flexibility index (Phi) is 4.78. The van der Waals surface area contributed by atoms with E-state index in [2.05, 4.69) is 20.8 Å². The van der Waals surface area contributed by atoms with Crippen LogP contribution in [0.1, 0.15) is 30.1 Å². The van der Waals surface area contributed by atoms with Crippen molar-refractivity contribution in [2.75, 3.05) is 24.6 Å². The summed E-state index contributed by atoms with van der Waals surface area (Å²) in [6, 6.07) is 5.73. The van der Waals surface area contributed by atoms with E-state index in [-0.39, 0.29) is 0 Å². The number of piperidine rings is 1. The van der Waals surface area contributed by atoms with Crippen molar-refractivity contribution in [1.29, 1.82) is 0 Å². The van der Waals surface area contributed by atoms with Crippen LogP contribution in [0, 0.1) is 0 Å². The fraction of sp³-hybridized carbons (Fsp3) is 0.500. The molecule has 2 rings (SSSR count). The van der Waals surface area contributed by atoms with Crippen LogP contribution in [0.3, 0.4) is 0 Å². The lowest BCUT2D eigenvalue weighted by Gasteiger charge is -2.34. The van der Waals surface area contributed by atoms with Gasteiger partial charge in [-0.25, -0.2) is 0 Å². The molecule has 98 valence electrons. The third-order valence-electron chi connectivity index (χ3n) is 3.23. The van der Waals surface area contributed by atoms with Gasteiger partial charge in [-0.05, 0) is 53.9 Å². The average Bonchev–Trinajstić information content (AvgIpc) is 2.39. The molecular weight excluding hydrogens is 294 g/mol. The van der Waals surface area contributed by atoms with Gasteiger partial charge in [0.1, 0.15) is 6.29 Å². The first-order valence-corrected chi connectivity index (χ1v) is 7.15. The second-order valence-electron chi connectivity index (χ2n) is 4.49. The van der Waals surface area contributed by atoms with Crippen molar-refractivity contribution >= 4 is 27.9 Å². The molecule has 0 bridgehead atoms. The summed E-state index contributed by atoms with van der Waals surface area (Å²) >= 11 is 3.54. The van der Waals surface area contributed by atoms with Crippen molar-refractivity contribution in [3.63, 3.8) is 0 Å². The Morgan fingerprint density at radius 3 is 3.06 bits per heavy atom. The molecule has 1 heterocycles. The smallest absolute Gasteiger partial charge is 0.150 e. The van der Waals surface area contributed by atoms with Gasteiger partial charge in [0.2, 0.25) is 0 Å². The maximum atomic E-state index is 10.7. The molecule has 1 fully saturated rings. The molecule has 1 aromatic carbocycles. The zero-order valence-electron chi connectivity index (χ0n) is 10.6. The third-order valence-corrected chi connectivity index (χ3v) is 3.86. The minimum absolute atomic E-state index is 0.321. The van der Waals surface area contributed by atoms with Crippen molar-refractivity contribution in [2.45, 2.75) is 25.9 Å². The summed E-state index contributed by atoms with van der Waals surface area (Å²) < 4.78 is 6.68. The van der Waals surface area contributed by atoms with E-state index < -0.39 is 0 Å². The van der Waals surface area contributed by atoms with Crippen molar-refractivity contribution in [1.82, 2.24) is 0 Å². The summed E-state index contributed by atoms with van der Waals surface area (Å²) in [7, 11) is 0. The van der Waals surface area contributed by atoms with Crippen molar-refractivity contribution in [2.24, 2.45) is 0 Å². The molecule has 1 aromatic rings. The molecule has 0 aliphatic carbocycles. The number of nitrogens with zero attached hydrogens (tertiary/aromatic N) is 1. The Bertz CT molecular complexity index is 420. The number of carbonyl (C=O) groups excluding carboxylic acids is 1. The number of carbonyl (C=O) groups is 1. The molecule has 1 aliphatic heterocycles. The van der Waals surface area contributed by atoms with Crippen LogP contribution in [0.4, 0.5) is 5.69 Å². The Balaban J connectivity index is 2.13. The zero-order valence-corrected chi connectivity index (χ0v) is 12.1. The Hall–Kier alpha value is -0.870. The zero-order chi connectivity index (χ0) is 13.0. The highest BCUT2D eigenvalue weighted by atomic mass is 79.9. The maximum Gasteiger partial charge on any atom is 0.150 e. The predicted octanol–water partition coefficient (Wildman–Crippen LogP) is 3.27. The maximum absolute atomic E-state index is 10.7. The van der Waals surface area contributed by atoms with Crippen LogP contribution in [0.15, 0.2) is 22.7 Å². The second kappa shape index (κ2) is 6.34. The van der Waals surface area contributed by atoms with Gasteiger partial charge in [0.05, 0.1) is 11.8 Å². The standard InChI is InChI=1S/C14H18BrNO2/c1-2-18-12-4-3-7-16(9-12)14-6-5-11(10-17)8-13(14)15/h5-6,8,10,12H,2-4,7,9H2,1H3. The minimum Gasteiger partial charge on any atom is -0.377 e. The van der Waals surface area contributed by atoms with Gasteiger partial charge < -0.3 is 9.64 Å². The van der Waals surface area contributed by atoms with E-state index >= 15 is 0 Å². The summed E-state index contributed by atoms with van der Waals surface area (Å²) in [6.07, 6.45) is 3.47. The summed E-state index contributed by atoms with van der Waals surface area (Å²) in [5, 5.41) is 0. The molecule has 1 unspecified atom stereocenters. The highest BCUT2D eigenvalue weighted by molar-refractivity contribution is 9.10. The summed E-state index contributed by atoms with van der Waals surface area (Å²) in [6.45, 7) is 4.77.